The number of benzene rings is 2. The summed E-state index contributed by atoms with van der Waals surface area (Å²) in [4.78, 5) is 19.0. The first-order chi connectivity index (χ1) is 14.0. The smallest absolute Gasteiger partial charge is 0.433 e. The van der Waals surface area contributed by atoms with Gasteiger partial charge in [0.2, 0.25) is 0 Å². The summed E-state index contributed by atoms with van der Waals surface area (Å²) in [6, 6.07) is 14.5. The molecule has 9 nitrogen and oxygen atoms in total. The second kappa shape index (κ2) is 7.31. The Hall–Kier alpha value is -4.40. The molecule has 0 atom stereocenters. The second-order valence-electron chi connectivity index (χ2n) is 6.04. The summed E-state index contributed by atoms with van der Waals surface area (Å²) in [6.07, 6.45) is 3.11. The molecule has 0 saturated heterocycles. The number of furan rings is 1. The fraction of sp³-hybridized carbons (Fsp3) is 0. The molecule has 0 fully saturated rings. The molecule has 0 amide bonds. The van der Waals surface area contributed by atoms with Crippen LogP contribution in [-0.4, -0.2) is 25.1 Å². The van der Waals surface area contributed by atoms with Gasteiger partial charge in [-0.05, 0) is 42.5 Å². The Morgan fingerprint density at radius 2 is 1.83 bits per heavy atom. The molecule has 144 valence electrons. The third-order valence-electron chi connectivity index (χ3n) is 4.05. The minimum absolute atomic E-state index is 0.223. The van der Waals surface area contributed by atoms with Crippen LogP contribution in [0.1, 0.15) is 11.6 Å². The zero-order valence-electron chi connectivity index (χ0n) is 14.8. The third kappa shape index (κ3) is 3.83. The van der Waals surface area contributed by atoms with E-state index in [9.17, 15) is 20.3 Å². The quantitative estimate of drug-likeness (QED) is 0.197. The van der Waals surface area contributed by atoms with E-state index in [2.05, 4.69) is 15.3 Å². The number of nitro groups is 1. The Balaban J connectivity index is 1.70. The lowest BCUT2D eigenvalue weighted by atomic mass is 10.2. The van der Waals surface area contributed by atoms with Gasteiger partial charge >= 0.3 is 5.88 Å². The van der Waals surface area contributed by atoms with Gasteiger partial charge in [0, 0.05) is 17.1 Å². The summed E-state index contributed by atoms with van der Waals surface area (Å²) in [5, 5.41) is 33.8. The predicted molar refractivity (Wildman–Crippen MR) is 107 cm³/mol. The normalized spacial score (nSPS) is 11.2. The average Bonchev–Trinajstić information content (AvgIpc) is 3.19. The van der Waals surface area contributed by atoms with Gasteiger partial charge in [-0.2, -0.15) is 0 Å². The lowest BCUT2D eigenvalue weighted by molar-refractivity contribution is -0.402. The minimum atomic E-state index is -0.612. The van der Waals surface area contributed by atoms with Gasteiger partial charge in [-0.25, -0.2) is 9.97 Å². The Morgan fingerprint density at radius 1 is 1.00 bits per heavy atom. The first kappa shape index (κ1) is 18.0. The van der Waals surface area contributed by atoms with Gasteiger partial charge in [-0.3, -0.25) is 10.1 Å². The van der Waals surface area contributed by atoms with Crippen LogP contribution in [-0.2, 0) is 0 Å². The second-order valence-corrected chi connectivity index (χ2v) is 6.04. The van der Waals surface area contributed by atoms with Crippen molar-refractivity contribution in [1.82, 2.24) is 9.97 Å². The van der Waals surface area contributed by atoms with Crippen molar-refractivity contribution >= 4 is 40.4 Å². The van der Waals surface area contributed by atoms with Gasteiger partial charge < -0.3 is 19.9 Å². The van der Waals surface area contributed by atoms with Crippen molar-refractivity contribution in [1.29, 1.82) is 0 Å². The first-order valence-electron chi connectivity index (χ1n) is 8.48. The fourth-order valence-electron chi connectivity index (χ4n) is 2.69. The number of anilines is 2. The van der Waals surface area contributed by atoms with Crippen molar-refractivity contribution in [2.24, 2.45) is 0 Å². The molecule has 0 bridgehead atoms. The average molecular weight is 390 g/mol. The molecular formula is C20H14N4O5. The molecule has 3 N–H and O–H groups in total. The molecule has 0 saturated carbocycles. The maximum Gasteiger partial charge on any atom is 0.433 e. The third-order valence-corrected chi connectivity index (χ3v) is 4.05. The lowest BCUT2D eigenvalue weighted by Crippen LogP contribution is -1.99. The molecule has 2 heterocycles. The highest BCUT2D eigenvalue weighted by atomic mass is 16.6. The van der Waals surface area contributed by atoms with Gasteiger partial charge in [0.25, 0.3) is 0 Å². The van der Waals surface area contributed by atoms with Gasteiger partial charge in [0.15, 0.2) is 17.3 Å². The van der Waals surface area contributed by atoms with E-state index in [1.54, 1.807) is 12.1 Å². The summed E-state index contributed by atoms with van der Waals surface area (Å²) in [7, 11) is 0. The highest BCUT2D eigenvalue weighted by Gasteiger charge is 2.11. The van der Waals surface area contributed by atoms with E-state index < -0.39 is 4.92 Å². The summed E-state index contributed by atoms with van der Waals surface area (Å²) in [5.41, 5.74) is 1.21. The molecule has 4 aromatic rings. The maximum absolute atomic E-state index is 10.7. The van der Waals surface area contributed by atoms with Crippen molar-refractivity contribution in [2.75, 3.05) is 5.32 Å². The largest absolute Gasteiger partial charge is 0.504 e. The van der Waals surface area contributed by atoms with Crippen LogP contribution in [0.25, 0.3) is 23.1 Å². The molecule has 2 aromatic carbocycles. The van der Waals surface area contributed by atoms with Crippen molar-refractivity contribution < 1.29 is 19.6 Å². The number of fused-ring (bicyclic) bond motifs is 1. The van der Waals surface area contributed by atoms with Crippen LogP contribution in [0.4, 0.5) is 17.4 Å². The Morgan fingerprint density at radius 3 is 2.59 bits per heavy atom. The van der Waals surface area contributed by atoms with Gasteiger partial charge in [-0.1, -0.05) is 12.1 Å². The molecule has 0 spiro atoms. The first-order valence-corrected chi connectivity index (χ1v) is 8.48. The Labute approximate surface area is 163 Å². The standard InChI is InChI=1S/C20H14N4O5/c25-16-8-5-12(11-17(16)26)21-20-14-3-1-2-4-15(14)22-18(23-20)9-6-13-7-10-19(29-13)24(27)28/h1-11,25-26H,(H,21,22,23)/b9-6+. The fourth-order valence-corrected chi connectivity index (χ4v) is 2.69. The number of phenols is 2. The van der Waals surface area contributed by atoms with E-state index in [1.165, 1.54) is 30.3 Å². The number of nitrogens with one attached hydrogen (secondary N) is 1. The van der Waals surface area contributed by atoms with E-state index >= 15 is 0 Å². The van der Waals surface area contributed by atoms with E-state index in [-0.39, 0.29) is 17.4 Å². The number of aromatic hydroxyl groups is 2. The summed E-state index contributed by atoms with van der Waals surface area (Å²) in [5.74, 6) is 0.316. The zero-order valence-corrected chi connectivity index (χ0v) is 14.8. The molecule has 4 rings (SSSR count). The Bertz CT molecular complexity index is 1250. The van der Waals surface area contributed by atoms with E-state index in [0.29, 0.717) is 28.6 Å². The molecule has 0 aliphatic carbocycles. The number of hydrogen-bond donors (Lipinski definition) is 3. The predicted octanol–water partition coefficient (Wildman–Crippen LogP) is 4.46. The molecular weight excluding hydrogens is 376 g/mol. The minimum Gasteiger partial charge on any atom is -0.504 e. The molecule has 0 unspecified atom stereocenters. The van der Waals surface area contributed by atoms with Gasteiger partial charge in [0.1, 0.15) is 16.5 Å². The van der Waals surface area contributed by atoms with Crippen LogP contribution < -0.4 is 5.32 Å². The molecule has 0 aliphatic heterocycles. The van der Waals surface area contributed by atoms with Gasteiger partial charge in [-0.15, -0.1) is 0 Å². The number of aromatic nitrogens is 2. The van der Waals surface area contributed by atoms with Crippen LogP contribution in [0.2, 0.25) is 0 Å². The molecule has 0 aliphatic rings. The number of phenolic OH excluding ortho intramolecular Hbond substituents is 2. The van der Waals surface area contributed by atoms with Crippen molar-refractivity contribution in [3.05, 3.63) is 76.3 Å². The molecule has 29 heavy (non-hydrogen) atoms. The van der Waals surface area contributed by atoms with Gasteiger partial charge in [0.05, 0.1) is 11.6 Å². The molecule has 9 heteroatoms. The highest BCUT2D eigenvalue weighted by molar-refractivity contribution is 5.91. The molecule has 0 radical (unpaired) electrons. The monoisotopic (exact) mass is 390 g/mol. The van der Waals surface area contributed by atoms with Crippen LogP contribution in [0, 0.1) is 10.1 Å². The van der Waals surface area contributed by atoms with E-state index in [1.807, 2.05) is 24.3 Å². The summed E-state index contributed by atoms with van der Waals surface area (Å²) >= 11 is 0. The SMILES string of the molecule is O=[N+]([O-])c1ccc(/C=C/c2nc(Nc3ccc(O)c(O)c3)c3ccccc3n2)o1. The van der Waals surface area contributed by atoms with Crippen molar-refractivity contribution in [3.8, 4) is 11.5 Å². The summed E-state index contributed by atoms with van der Waals surface area (Å²) in [6.45, 7) is 0. The maximum atomic E-state index is 10.7. The van der Waals surface area contributed by atoms with E-state index in [4.69, 9.17) is 4.42 Å². The highest BCUT2D eigenvalue weighted by Crippen LogP contribution is 2.30. The number of rotatable bonds is 5. The van der Waals surface area contributed by atoms with E-state index in [0.717, 1.165) is 5.39 Å². The topological polar surface area (TPSA) is 135 Å². The number of para-hydroxylation sites is 1. The van der Waals surface area contributed by atoms with Crippen LogP contribution in [0.15, 0.2) is 59.0 Å². The molecule has 2 aromatic heterocycles. The van der Waals surface area contributed by atoms with Crippen LogP contribution in [0.3, 0.4) is 0 Å². The summed E-state index contributed by atoms with van der Waals surface area (Å²) < 4.78 is 5.10. The number of nitrogens with zero attached hydrogens (tertiary/aromatic N) is 3. The zero-order chi connectivity index (χ0) is 20.4. The van der Waals surface area contributed by atoms with Crippen LogP contribution in [0.5, 0.6) is 11.5 Å². The number of hydrogen-bond acceptors (Lipinski definition) is 8. The Kier molecular flexibility index (Phi) is 4.54. The van der Waals surface area contributed by atoms with Crippen molar-refractivity contribution in [3.63, 3.8) is 0 Å². The van der Waals surface area contributed by atoms with Crippen LogP contribution >= 0.6 is 0 Å². The lowest BCUT2D eigenvalue weighted by Gasteiger charge is -2.10. The van der Waals surface area contributed by atoms with Crippen molar-refractivity contribution in [2.45, 2.75) is 0 Å².